The first-order valence-electron chi connectivity index (χ1n) is 10.3. The number of rotatable bonds is 6. The number of hydrogen-bond acceptors (Lipinski definition) is 5. The van der Waals surface area contributed by atoms with Crippen LogP contribution in [0.3, 0.4) is 0 Å². The molecule has 144 valence electrons. The highest BCUT2D eigenvalue weighted by Crippen LogP contribution is 2.26. The van der Waals surface area contributed by atoms with Crippen LogP contribution in [0, 0.1) is 5.92 Å². The highest BCUT2D eigenvalue weighted by atomic mass is 16.2. The number of piperidine rings is 1. The molecule has 0 spiro atoms. The standard InChI is InChI=1S/C20H33N5O/c1-2-21-18-15-19(23-16-22-18)24-13-9-17(10-14-24)7-8-20(26)25-11-5-3-4-6-12-25/h15-17H,2-14H2,1H3,(H,21,22,23). The molecule has 26 heavy (non-hydrogen) atoms. The van der Waals surface area contributed by atoms with Crippen molar-refractivity contribution in [2.24, 2.45) is 5.92 Å². The molecule has 0 saturated carbocycles. The van der Waals surface area contributed by atoms with Crippen LogP contribution in [0.2, 0.25) is 0 Å². The molecular weight excluding hydrogens is 326 g/mol. The monoisotopic (exact) mass is 359 g/mol. The van der Waals surface area contributed by atoms with E-state index < -0.39 is 0 Å². The average Bonchev–Trinajstić information content (AvgIpc) is 2.97. The molecule has 3 rings (SSSR count). The summed E-state index contributed by atoms with van der Waals surface area (Å²) in [5.41, 5.74) is 0. The molecule has 2 fully saturated rings. The average molecular weight is 360 g/mol. The number of nitrogens with zero attached hydrogens (tertiary/aromatic N) is 4. The van der Waals surface area contributed by atoms with Gasteiger partial charge in [-0.25, -0.2) is 9.97 Å². The molecule has 3 heterocycles. The number of carbonyl (C=O) groups excluding carboxylic acids is 1. The van der Waals surface area contributed by atoms with Gasteiger partial charge in [-0.1, -0.05) is 12.8 Å². The van der Waals surface area contributed by atoms with Gasteiger partial charge in [0, 0.05) is 45.2 Å². The lowest BCUT2D eigenvalue weighted by molar-refractivity contribution is -0.131. The summed E-state index contributed by atoms with van der Waals surface area (Å²) in [6.07, 6.45) is 10.6. The third-order valence-electron chi connectivity index (χ3n) is 5.67. The smallest absolute Gasteiger partial charge is 0.222 e. The van der Waals surface area contributed by atoms with Crippen LogP contribution < -0.4 is 10.2 Å². The van der Waals surface area contributed by atoms with Crippen molar-refractivity contribution in [3.63, 3.8) is 0 Å². The molecule has 1 N–H and O–H groups in total. The van der Waals surface area contributed by atoms with Crippen LogP contribution in [-0.4, -0.2) is 53.5 Å². The lowest BCUT2D eigenvalue weighted by Crippen LogP contribution is -2.35. The summed E-state index contributed by atoms with van der Waals surface area (Å²) in [5, 5.41) is 3.24. The first kappa shape index (κ1) is 18.9. The Morgan fingerprint density at radius 2 is 1.85 bits per heavy atom. The zero-order valence-electron chi connectivity index (χ0n) is 16.1. The SMILES string of the molecule is CCNc1cc(N2CCC(CCC(=O)N3CCCCCC3)CC2)ncn1. The molecule has 1 aromatic heterocycles. The summed E-state index contributed by atoms with van der Waals surface area (Å²) in [7, 11) is 0. The van der Waals surface area contributed by atoms with E-state index in [-0.39, 0.29) is 0 Å². The Labute approximate surface area is 157 Å². The third kappa shape index (κ3) is 5.32. The van der Waals surface area contributed by atoms with Gasteiger partial charge in [-0.2, -0.15) is 0 Å². The minimum atomic E-state index is 0.375. The van der Waals surface area contributed by atoms with Crippen molar-refractivity contribution >= 4 is 17.5 Å². The predicted molar refractivity (Wildman–Crippen MR) is 105 cm³/mol. The Morgan fingerprint density at radius 1 is 1.12 bits per heavy atom. The number of hydrogen-bond donors (Lipinski definition) is 1. The maximum Gasteiger partial charge on any atom is 0.222 e. The van der Waals surface area contributed by atoms with Crippen LogP contribution in [0.4, 0.5) is 11.6 Å². The van der Waals surface area contributed by atoms with Crippen LogP contribution >= 0.6 is 0 Å². The summed E-state index contributed by atoms with van der Waals surface area (Å²) in [5.74, 6) is 2.94. The van der Waals surface area contributed by atoms with Gasteiger partial charge in [-0.05, 0) is 44.9 Å². The molecule has 1 amide bonds. The van der Waals surface area contributed by atoms with E-state index >= 15 is 0 Å². The molecule has 0 aliphatic carbocycles. The zero-order valence-corrected chi connectivity index (χ0v) is 16.1. The van der Waals surface area contributed by atoms with Gasteiger partial charge >= 0.3 is 0 Å². The maximum atomic E-state index is 12.5. The van der Waals surface area contributed by atoms with E-state index in [0.717, 1.165) is 70.0 Å². The van der Waals surface area contributed by atoms with Crippen LogP contribution in [0.25, 0.3) is 0 Å². The summed E-state index contributed by atoms with van der Waals surface area (Å²) in [6, 6.07) is 2.03. The number of amides is 1. The van der Waals surface area contributed by atoms with Crippen LogP contribution in [0.1, 0.15) is 58.3 Å². The molecule has 0 aromatic carbocycles. The third-order valence-corrected chi connectivity index (χ3v) is 5.67. The number of carbonyl (C=O) groups is 1. The molecule has 0 unspecified atom stereocenters. The van der Waals surface area contributed by atoms with Gasteiger partial charge in [0.05, 0.1) is 0 Å². The Kier molecular flexibility index (Phi) is 7.09. The zero-order chi connectivity index (χ0) is 18.2. The highest BCUT2D eigenvalue weighted by Gasteiger charge is 2.22. The van der Waals surface area contributed by atoms with E-state index in [1.165, 1.54) is 25.7 Å². The quantitative estimate of drug-likeness (QED) is 0.844. The predicted octanol–water partition coefficient (Wildman–Crippen LogP) is 3.31. The summed E-state index contributed by atoms with van der Waals surface area (Å²) >= 11 is 0. The van der Waals surface area contributed by atoms with E-state index in [9.17, 15) is 4.79 Å². The molecule has 1 aromatic rings. The van der Waals surface area contributed by atoms with Crippen molar-refractivity contribution < 1.29 is 4.79 Å². The van der Waals surface area contributed by atoms with Crippen LogP contribution in [0.5, 0.6) is 0 Å². The van der Waals surface area contributed by atoms with Crippen molar-refractivity contribution in [2.45, 2.75) is 58.3 Å². The normalized spacial score (nSPS) is 19.3. The van der Waals surface area contributed by atoms with Gasteiger partial charge in [0.15, 0.2) is 0 Å². The number of likely N-dealkylation sites (tertiary alicyclic amines) is 1. The second-order valence-electron chi connectivity index (χ2n) is 7.56. The van der Waals surface area contributed by atoms with E-state index in [1.807, 2.05) is 6.07 Å². The van der Waals surface area contributed by atoms with Gasteiger partial charge in [-0.3, -0.25) is 4.79 Å². The molecule has 2 saturated heterocycles. The topological polar surface area (TPSA) is 61.4 Å². The summed E-state index contributed by atoms with van der Waals surface area (Å²) < 4.78 is 0. The molecule has 0 bridgehead atoms. The van der Waals surface area contributed by atoms with Crippen molar-refractivity contribution in [1.29, 1.82) is 0 Å². The number of anilines is 2. The van der Waals surface area contributed by atoms with Crippen LogP contribution in [0.15, 0.2) is 12.4 Å². The Hall–Kier alpha value is -1.85. The lowest BCUT2D eigenvalue weighted by Gasteiger charge is -2.33. The largest absolute Gasteiger partial charge is 0.370 e. The minimum absolute atomic E-state index is 0.375. The van der Waals surface area contributed by atoms with E-state index in [1.54, 1.807) is 6.33 Å². The van der Waals surface area contributed by atoms with Crippen molar-refractivity contribution in [1.82, 2.24) is 14.9 Å². The Morgan fingerprint density at radius 3 is 2.54 bits per heavy atom. The lowest BCUT2D eigenvalue weighted by atomic mass is 9.92. The number of nitrogens with one attached hydrogen (secondary N) is 1. The minimum Gasteiger partial charge on any atom is -0.370 e. The van der Waals surface area contributed by atoms with Crippen molar-refractivity contribution in [3.8, 4) is 0 Å². The molecule has 0 radical (unpaired) electrons. The second kappa shape index (κ2) is 9.74. The molecule has 6 heteroatoms. The molecule has 2 aliphatic rings. The fraction of sp³-hybridized carbons (Fsp3) is 0.750. The Balaban J connectivity index is 1.42. The van der Waals surface area contributed by atoms with Gasteiger partial charge in [0.1, 0.15) is 18.0 Å². The van der Waals surface area contributed by atoms with Crippen LogP contribution in [-0.2, 0) is 4.79 Å². The first-order chi connectivity index (χ1) is 12.8. The summed E-state index contributed by atoms with van der Waals surface area (Å²) in [4.78, 5) is 25.6. The maximum absolute atomic E-state index is 12.5. The molecule has 2 aliphatic heterocycles. The second-order valence-corrected chi connectivity index (χ2v) is 7.56. The van der Waals surface area contributed by atoms with E-state index in [4.69, 9.17) is 0 Å². The molecular formula is C20H33N5O. The van der Waals surface area contributed by atoms with E-state index in [0.29, 0.717) is 11.8 Å². The van der Waals surface area contributed by atoms with Crippen molar-refractivity contribution in [3.05, 3.63) is 12.4 Å². The van der Waals surface area contributed by atoms with Gasteiger partial charge < -0.3 is 15.1 Å². The first-order valence-corrected chi connectivity index (χ1v) is 10.3. The molecule has 0 atom stereocenters. The number of aromatic nitrogens is 2. The van der Waals surface area contributed by atoms with E-state index in [2.05, 4.69) is 32.0 Å². The summed E-state index contributed by atoms with van der Waals surface area (Å²) in [6.45, 7) is 6.91. The van der Waals surface area contributed by atoms with Gasteiger partial charge in [0.25, 0.3) is 0 Å². The van der Waals surface area contributed by atoms with Gasteiger partial charge in [-0.15, -0.1) is 0 Å². The highest BCUT2D eigenvalue weighted by molar-refractivity contribution is 5.76. The fourth-order valence-electron chi connectivity index (χ4n) is 4.05. The van der Waals surface area contributed by atoms with Crippen molar-refractivity contribution in [2.75, 3.05) is 42.9 Å². The molecule has 6 nitrogen and oxygen atoms in total. The Bertz CT molecular complexity index is 563. The van der Waals surface area contributed by atoms with Gasteiger partial charge in [0.2, 0.25) is 5.91 Å². The fourth-order valence-corrected chi connectivity index (χ4v) is 4.05.